The lowest BCUT2D eigenvalue weighted by atomic mass is 9.86. The maximum absolute atomic E-state index is 11.8. The Morgan fingerprint density at radius 1 is 1.50 bits per heavy atom. The van der Waals surface area contributed by atoms with Gasteiger partial charge >= 0.3 is 18.0 Å². The third kappa shape index (κ3) is 3.08. The van der Waals surface area contributed by atoms with E-state index in [1.807, 2.05) is 0 Å². The number of hydrogen-bond acceptors (Lipinski definition) is 13. The zero-order valence-electron chi connectivity index (χ0n) is 14.9. The van der Waals surface area contributed by atoms with E-state index in [1.54, 1.807) is 0 Å². The molecule has 0 aliphatic carbocycles. The number of amides is 1. The maximum Gasteiger partial charge on any atom is 0.409 e. The monoisotopic (exact) mass is 424 g/mol. The molecule has 1 spiro atoms. The van der Waals surface area contributed by atoms with Crippen LogP contribution in [0.4, 0.5) is 4.79 Å². The zero-order chi connectivity index (χ0) is 20.7. The van der Waals surface area contributed by atoms with Crippen LogP contribution in [0.25, 0.3) is 0 Å². The summed E-state index contributed by atoms with van der Waals surface area (Å²) in [6.07, 6.45) is -1.88. The molecule has 28 heavy (non-hydrogen) atoms. The Morgan fingerprint density at radius 3 is 2.86 bits per heavy atom. The molecule has 0 aromatic rings. The molecule has 158 valence electrons. The quantitative estimate of drug-likeness (QED) is 0.0528. The van der Waals surface area contributed by atoms with E-state index in [0.29, 0.717) is 0 Å². The molecule has 1 saturated heterocycles. The van der Waals surface area contributed by atoms with Gasteiger partial charge in [-0.1, -0.05) is 0 Å². The third-order valence-electron chi connectivity index (χ3n) is 4.86. The first-order chi connectivity index (χ1) is 13.1. The fraction of sp³-hybridized carbons (Fsp3) is 0.750. The molecule has 9 N–H and O–H groups in total. The third-order valence-corrected chi connectivity index (χ3v) is 5.28. The Morgan fingerprint density at radius 2 is 2.21 bits per heavy atom. The first-order valence-corrected chi connectivity index (χ1v) is 8.73. The molecule has 1 fully saturated rings. The van der Waals surface area contributed by atoms with E-state index in [0.717, 1.165) is 0 Å². The van der Waals surface area contributed by atoms with Gasteiger partial charge in [0.2, 0.25) is 0 Å². The number of hydrogen-bond donors (Lipinski definition) is 7. The Balaban J connectivity index is 1.90. The average molecular weight is 424 g/mol. The molecule has 3 aliphatic heterocycles. The number of nitrogens with zero attached hydrogens (tertiary/aromatic N) is 2. The molecule has 2 unspecified atom stereocenters. The number of nitrogens with two attached hydrogens (primary N) is 2. The van der Waals surface area contributed by atoms with E-state index in [2.05, 4.69) is 25.0 Å². The van der Waals surface area contributed by atoms with Crippen molar-refractivity contribution in [3.05, 3.63) is 0 Å². The van der Waals surface area contributed by atoms with E-state index in [9.17, 15) is 20.3 Å². The van der Waals surface area contributed by atoms with Gasteiger partial charge in [0.05, 0.1) is 0 Å². The molecule has 3 heterocycles. The summed E-state index contributed by atoms with van der Waals surface area (Å²) in [5, 5.41) is 40.8. The number of ether oxygens (including phenoxy) is 1. The van der Waals surface area contributed by atoms with Gasteiger partial charge in [-0.3, -0.25) is 31.0 Å². The van der Waals surface area contributed by atoms with Crippen molar-refractivity contribution in [3.63, 3.8) is 0 Å². The normalized spacial score (nSPS) is 32.8. The Labute approximate surface area is 163 Å². The lowest BCUT2D eigenvalue weighted by Crippen LogP contribution is -2.91. The summed E-state index contributed by atoms with van der Waals surface area (Å²) in [5.41, 5.74) is 10.3. The largest absolute Gasteiger partial charge is 0.691 e. The number of rotatable bonds is 6. The number of nitrogens with one attached hydrogen (secondary N) is 3. The fourth-order valence-electron chi connectivity index (χ4n) is 3.66. The lowest BCUT2D eigenvalue weighted by molar-refractivity contribution is -0.777. The van der Waals surface area contributed by atoms with E-state index in [1.165, 1.54) is 23.6 Å². The van der Waals surface area contributed by atoms with E-state index >= 15 is 0 Å². The second-order valence-corrected chi connectivity index (χ2v) is 7.12. The van der Waals surface area contributed by atoms with Crippen LogP contribution >= 0.6 is 12.3 Å². The molecule has 15 nitrogen and oxygen atoms in total. The fourth-order valence-corrected chi connectivity index (χ4v) is 4.00. The van der Waals surface area contributed by atoms with Gasteiger partial charge in [-0.2, -0.15) is 0 Å². The van der Waals surface area contributed by atoms with Crippen LogP contribution in [0.15, 0.2) is 0 Å². The summed E-state index contributed by atoms with van der Waals surface area (Å²) in [7, 11) is 3.05. The van der Waals surface area contributed by atoms with Gasteiger partial charge in [0.25, 0.3) is 11.4 Å². The molecular weight excluding hydrogens is 402 g/mol. The molecule has 0 radical (unpaired) electrons. The topological polar surface area (TPSA) is 214 Å². The van der Waals surface area contributed by atoms with Crippen molar-refractivity contribution in [2.24, 2.45) is 11.5 Å². The van der Waals surface area contributed by atoms with Gasteiger partial charge in [0.15, 0.2) is 24.5 Å². The zero-order valence-corrected chi connectivity index (χ0v) is 15.8. The van der Waals surface area contributed by atoms with Crippen LogP contribution in [0.1, 0.15) is 0 Å². The summed E-state index contributed by atoms with van der Waals surface area (Å²) in [6.45, 7) is -0.257. The van der Waals surface area contributed by atoms with E-state index < -0.39 is 35.7 Å². The van der Waals surface area contributed by atoms with Crippen molar-refractivity contribution in [1.29, 1.82) is 0 Å². The maximum atomic E-state index is 11.8. The first kappa shape index (κ1) is 20.6. The average Bonchev–Trinajstić information content (AvgIpc) is 3.09. The van der Waals surface area contributed by atoms with Crippen molar-refractivity contribution >= 4 is 30.3 Å². The highest BCUT2D eigenvalue weighted by atomic mass is 32.2. The molecule has 0 saturated carbocycles. The van der Waals surface area contributed by atoms with Crippen molar-refractivity contribution in [3.8, 4) is 0 Å². The van der Waals surface area contributed by atoms with Gasteiger partial charge < -0.3 is 25.1 Å². The van der Waals surface area contributed by atoms with Crippen molar-refractivity contribution in [1.82, 2.24) is 15.5 Å². The van der Waals surface area contributed by atoms with Gasteiger partial charge in [-0.25, -0.2) is 14.7 Å². The lowest BCUT2D eigenvalue weighted by Gasteiger charge is -2.40. The predicted octanol–water partition coefficient (Wildman–Crippen LogP) is -7.09. The van der Waals surface area contributed by atoms with Crippen molar-refractivity contribution in [2.45, 2.75) is 29.6 Å². The molecule has 3 aliphatic rings. The molecule has 0 aromatic heterocycles. The first-order valence-electron chi connectivity index (χ1n) is 8.06. The Bertz CT molecular complexity index is 703. The highest BCUT2D eigenvalue weighted by Gasteiger charge is 2.78. The van der Waals surface area contributed by atoms with Crippen LogP contribution in [-0.4, -0.2) is 94.6 Å². The highest BCUT2D eigenvalue weighted by molar-refractivity contribution is 7.89. The minimum Gasteiger partial charge on any atom is -0.691 e. The summed E-state index contributed by atoms with van der Waals surface area (Å²) in [6, 6.07) is -1.49. The van der Waals surface area contributed by atoms with Crippen LogP contribution in [-0.2, 0) is 18.3 Å². The minimum absolute atomic E-state index is 0.0513. The summed E-state index contributed by atoms with van der Waals surface area (Å²) in [5.74, 6) is -2.45. The van der Waals surface area contributed by atoms with Gasteiger partial charge in [0.1, 0.15) is 19.2 Å². The molecule has 3 rings (SSSR count). The minimum atomic E-state index is -2.57. The molecule has 16 heteroatoms. The second kappa shape index (κ2) is 7.39. The van der Waals surface area contributed by atoms with E-state index in [4.69, 9.17) is 20.4 Å². The number of carbonyl (C=O) groups excluding carboxylic acids is 1. The molecular formula is C12H22N7O8S+. The summed E-state index contributed by atoms with van der Waals surface area (Å²) < 4.78 is 15.8. The van der Waals surface area contributed by atoms with E-state index in [-0.39, 0.29) is 37.4 Å². The van der Waals surface area contributed by atoms with Crippen LogP contribution in [0.5, 0.6) is 0 Å². The molecule has 1 amide bonds. The van der Waals surface area contributed by atoms with Crippen LogP contribution in [0.2, 0.25) is 0 Å². The standard InChI is InChI=1S/C12H21N7O8S/c1-18(2)10(20)24-4-5-7-11(17-8(13)16-7)12(21,22)6(25-28-27-26-23)3-19(11)9(14)15-5/h5-7,21-22H,3-4H2,1-2H3,(H6,13,14,15,16,17,23)/p+1/t5-,6+,7?,11?/m0/s1. The molecule has 4 atom stereocenters. The van der Waals surface area contributed by atoms with Gasteiger partial charge in [0, 0.05) is 14.1 Å². The second-order valence-electron chi connectivity index (χ2n) is 6.66. The molecule has 0 bridgehead atoms. The Kier molecular flexibility index (Phi) is 5.45. The highest BCUT2D eigenvalue weighted by Crippen LogP contribution is 2.40. The SMILES string of the molecule is CN(C)C(=O)OC[C@@H]1NC(N)=[N+]2C[C@@H](OSOO[O-])C(O)(O)C23NC(N)=[NH+]C13. The van der Waals surface area contributed by atoms with Crippen molar-refractivity contribution in [2.75, 3.05) is 27.2 Å². The Hall–Kier alpha value is -2.08. The van der Waals surface area contributed by atoms with Crippen LogP contribution in [0, 0.1) is 0 Å². The predicted molar refractivity (Wildman–Crippen MR) is 87.9 cm³/mol. The van der Waals surface area contributed by atoms with Crippen LogP contribution < -0.4 is 32.4 Å². The van der Waals surface area contributed by atoms with Crippen LogP contribution in [0.3, 0.4) is 0 Å². The number of guanidine groups is 2. The molecule has 0 aromatic carbocycles. The number of carbonyl (C=O) groups is 1. The summed E-state index contributed by atoms with van der Waals surface area (Å²) >= 11 is 0.136. The van der Waals surface area contributed by atoms with Crippen molar-refractivity contribution < 1.29 is 48.1 Å². The summed E-state index contributed by atoms with van der Waals surface area (Å²) in [4.78, 5) is 15.9. The number of aliphatic hydroxyl groups is 2. The van der Waals surface area contributed by atoms with Gasteiger partial charge in [-0.05, 0) is 0 Å². The smallest absolute Gasteiger partial charge is 0.409 e. The van der Waals surface area contributed by atoms with Gasteiger partial charge in [-0.15, -0.1) is 4.33 Å².